The summed E-state index contributed by atoms with van der Waals surface area (Å²) in [6, 6.07) is 0. The Morgan fingerprint density at radius 3 is 2.62 bits per heavy atom. The van der Waals surface area contributed by atoms with Crippen LogP contribution in [-0.4, -0.2) is 33.7 Å². The van der Waals surface area contributed by atoms with Gasteiger partial charge in [-0.25, -0.2) is 0 Å². The third kappa shape index (κ3) is 2.97. The quantitative estimate of drug-likeness (QED) is 0.861. The van der Waals surface area contributed by atoms with E-state index in [1.807, 2.05) is 27.8 Å². The van der Waals surface area contributed by atoms with E-state index in [2.05, 4.69) is 5.10 Å². The SMILES string of the molecule is CCOC(C)C(O)Cc1c(Cl)c(C)nn1C. The molecule has 0 aliphatic heterocycles. The molecule has 2 unspecified atom stereocenters. The van der Waals surface area contributed by atoms with E-state index in [0.29, 0.717) is 18.1 Å². The van der Waals surface area contributed by atoms with E-state index in [1.54, 1.807) is 4.68 Å². The second-order valence-corrected chi connectivity index (χ2v) is 4.28. The lowest BCUT2D eigenvalue weighted by atomic mass is 10.1. The Labute approximate surface area is 101 Å². The van der Waals surface area contributed by atoms with Gasteiger partial charge in [0.25, 0.3) is 0 Å². The van der Waals surface area contributed by atoms with Crippen LogP contribution in [-0.2, 0) is 18.2 Å². The summed E-state index contributed by atoms with van der Waals surface area (Å²) in [5.41, 5.74) is 1.63. The van der Waals surface area contributed by atoms with E-state index in [-0.39, 0.29) is 6.10 Å². The Morgan fingerprint density at radius 2 is 2.19 bits per heavy atom. The smallest absolute Gasteiger partial charge is 0.0854 e. The van der Waals surface area contributed by atoms with Crippen LogP contribution in [0.1, 0.15) is 25.2 Å². The molecular weight excluding hydrogens is 228 g/mol. The topological polar surface area (TPSA) is 47.3 Å². The predicted molar refractivity (Wildman–Crippen MR) is 63.8 cm³/mol. The molecule has 0 amide bonds. The molecule has 0 saturated heterocycles. The standard InChI is InChI=1S/C11H19ClN2O2/c1-5-16-8(3)10(15)6-9-11(12)7(2)13-14(9)4/h8,10,15H,5-6H2,1-4H3. The number of nitrogens with zero attached hydrogens (tertiary/aromatic N) is 2. The van der Waals surface area contributed by atoms with Crippen LogP contribution in [0.2, 0.25) is 5.02 Å². The number of hydrogen-bond donors (Lipinski definition) is 1. The first-order valence-electron chi connectivity index (χ1n) is 5.45. The van der Waals surface area contributed by atoms with Gasteiger partial charge in [0.2, 0.25) is 0 Å². The largest absolute Gasteiger partial charge is 0.390 e. The van der Waals surface area contributed by atoms with E-state index >= 15 is 0 Å². The molecule has 1 aromatic heterocycles. The average molecular weight is 247 g/mol. The first-order valence-corrected chi connectivity index (χ1v) is 5.82. The molecule has 1 heterocycles. The molecule has 0 radical (unpaired) electrons. The van der Waals surface area contributed by atoms with Crippen molar-refractivity contribution in [1.29, 1.82) is 0 Å². The molecule has 1 rings (SSSR count). The first kappa shape index (κ1) is 13.5. The van der Waals surface area contributed by atoms with Crippen LogP contribution >= 0.6 is 11.6 Å². The monoisotopic (exact) mass is 246 g/mol. The van der Waals surface area contributed by atoms with Gasteiger partial charge in [-0.1, -0.05) is 11.6 Å². The molecule has 1 N–H and O–H groups in total. The molecule has 0 saturated carbocycles. The van der Waals surface area contributed by atoms with Crippen molar-refractivity contribution in [2.45, 2.75) is 39.4 Å². The normalized spacial score (nSPS) is 15.1. The highest BCUT2D eigenvalue weighted by molar-refractivity contribution is 6.31. The minimum Gasteiger partial charge on any atom is -0.390 e. The van der Waals surface area contributed by atoms with E-state index in [9.17, 15) is 5.11 Å². The molecule has 16 heavy (non-hydrogen) atoms. The zero-order valence-corrected chi connectivity index (χ0v) is 11.0. The molecule has 0 fully saturated rings. The van der Waals surface area contributed by atoms with E-state index in [1.165, 1.54) is 0 Å². The lowest BCUT2D eigenvalue weighted by Crippen LogP contribution is -2.29. The zero-order chi connectivity index (χ0) is 12.3. The van der Waals surface area contributed by atoms with Gasteiger partial charge in [0.15, 0.2) is 0 Å². The Kier molecular flexibility index (Phi) is 4.77. The fourth-order valence-corrected chi connectivity index (χ4v) is 1.88. The second kappa shape index (κ2) is 5.66. The highest BCUT2D eigenvalue weighted by Gasteiger charge is 2.20. The van der Waals surface area contributed by atoms with Crippen molar-refractivity contribution in [2.24, 2.45) is 7.05 Å². The summed E-state index contributed by atoms with van der Waals surface area (Å²) in [6.45, 7) is 6.20. The van der Waals surface area contributed by atoms with Gasteiger partial charge < -0.3 is 9.84 Å². The van der Waals surface area contributed by atoms with Gasteiger partial charge in [0.1, 0.15) is 0 Å². The van der Waals surface area contributed by atoms with Crippen LogP contribution in [0.25, 0.3) is 0 Å². The fraction of sp³-hybridized carbons (Fsp3) is 0.727. The number of rotatable bonds is 5. The molecule has 4 nitrogen and oxygen atoms in total. The molecular formula is C11H19ClN2O2. The summed E-state index contributed by atoms with van der Waals surface area (Å²) in [5, 5.41) is 14.8. The highest BCUT2D eigenvalue weighted by Crippen LogP contribution is 2.21. The van der Waals surface area contributed by atoms with Crippen molar-refractivity contribution in [3.63, 3.8) is 0 Å². The van der Waals surface area contributed by atoms with Gasteiger partial charge in [-0.3, -0.25) is 4.68 Å². The van der Waals surface area contributed by atoms with Gasteiger partial charge in [0.05, 0.1) is 28.6 Å². The molecule has 92 valence electrons. The maximum atomic E-state index is 9.94. The summed E-state index contributed by atoms with van der Waals surface area (Å²) in [6.07, 6.45) is -0.305. The van der Waals surface area contributed by atoms with Gasteiger partial charge >= 0.3 is 0 Å². The third-order valence-corrected chi connectivity index (χ3v) is 3.13. The van der Waals surface area contributed by atoms with E-state index in [0.717, 1.165) is 11.4 Å². The number of hydrogen-bond acceptors (Lipinski definition) is 3. The summed E-state index contributed by atoms with van der Waals surface area (Å²) in [4.78, 5) is 0. The third-order valence-electron chi connectivity index (χ3n) is 2.64. The predicted octanol–water partition coefficient (Wildman–Crippen LogP) is 1.71. The van der Waals surface area contributed by atoms with Gasteiger partial charge in [-0.15, -0.1) is 0 Å². The zero-order valence-electron chi connectivity index (χ0n) is 10.2. The van der Waals surface area contributed by atoms with Gasteiger partial charge in [-0.2, -0.15) is 5.10 Å². The summed E-state index contributed by atoms with van der Waals surface area (Å²) >= 11 is 6.10. The maximum absolute atomic E-state index is 9.94. The number of aliphatic hydroxyl groups excluding tert-OH is 1. The second-order valence-electron chi connectivity index (χ2n) is 3.90. The van der Waals surface area contributed by atoms with Crippen LogP contribution < -0.4 is 0 Å². The molecule has 1 aromatic rings. The van der Waals surface area contributed by atoms with Crippen molar-refractivity contribution < 1.29 is 9.84 Å². The average Bonchev–Trinajstić information content (AvgIpc) is 2.45. The molecule has 0 aliphatic rings. The van der Waals surface area contributed by atoms with Crippen molar-refractivity contribution >= 4 is 11.6 Å². The minimum atomic E-state index is -0.563. The fourth-order valence-electron chi connectivity index (χ4n) is 1.64. The molecule has 0 spiro atoms. The lowest BCUT2D eigenvalue weighted by molar-refractivity contribution is -0.0215. The number of aromatic nitrogens is 2. The van der Waals surface area contributed by atoms with Crippen molar-refractivity contribution in [2.75, 3.05) is 6.61 Å². The number of aliphatic hydroxyl groups is 1. The molecule has 5 heteroatoms. The van der Waals surface area contributed by atoms with Crippen molar-refractivity contribution in [1.82, 2.24) is 9.78 Å². The Bertz CT molecular complexity index is 352. The highest BCUT2D eigenvalue weighted by atomic mass is 35.5. The Balaban J connectivity index is 2.72. The van der Waals surface area contributed by atoms with Crippen LogP contribution in [0.3, 0.4) is 0 Å². The summed E-state index contributed by atoms with van der Waals surface area (Å²) < 4.78 is 7.05. The van der Waals surface area contributed by atoms with E-state index < -0.39 is 6.10 Å². The minimum absolute atomic E-state index is 0.198. The molecule has 0 aromatic carbocycles. The van der Waals surface area contributed by atoms with Gasteiger partial charge in [0, 0.05) is 20.1 Å². The van der Waals surface area contributed by atoms with Crippen LogP contribution in [0.5, 0.6) is 0 Å². The van der Waals surface area contributed by atoms with Crippen LogP contribution in [0, 0.1) is 6.92 Å². The summed E-state index contributed by atoms with van der Waals surface area (Å²) in [5.74, 6) is 0. The first-order chi connectivity index (χ1) is 7.47. The number of ether oxygens (including phenoxy) is 1. The number of halogens is 1. The summed E-state index contributed by atoms with van der Waals surface area (Å²) in [7, 11) is 1.83. The van der Waals surface area contributed by atoms with Crippen molar-refractivity contribution in [3.8, 4) is 0 Å². The molecule has 2 atom stereocenters. The Morgan fingerprint density at radius 1 is 1.56 bits per heavy atom. The Hall–Kier alpha value is -0.580. The van der Waals surface area contributed by atoms with Crippen LogP contribution in [0.15, 0.2) is 0 Å². The molecule has 0 bridgehead atoms. The van der Waals surface area contributed by atoms with Gasteiger partial charge in [-0.05, 0) is 20.8 Å². The maximum Gasteiger partial charge on any atom is 0.0854 e. The number of aryl methyl sites for hydroxylation is 2. The van der Waals surface area contributed by atoms with E-state index in [4.69, 9.17) is 16.3 Å². The lowest BCUT2D eigenvalue weighted by Gasteiger charge is -2.18. The van der Waals surface area contributed by atoms with Crippen LogP contribution in [0.4, 0.5) is 0 Å². The van der Waals surface area contributed by atoms with Crippen molar-refractivity contribution in [3.05, 3.63) is 16.4 Å². The molecule has 0 aliphatic carbocycles.